The third-order valence-corrected chi connectivity index (χ3v) is 4.53. The number of amides is 1. The van der Waals surface area contributed by atoms with Crippen LogP contribution in [0.4, 0.5) is 10.7 Å². The molecule has 2 aliphatic rings. The van der Waals surface area contributed by atoms with E-state index in [-0.39, 0.29) is 18.2 Å². The van der Waals surface area contributed by atoms with Gasteiger partial charge in [-0.15, -0.1) is 0 Å². The molecule has 0 aliphatic carbocycles. The van der Waals surface area contributed by atoms with Gasteiger partial charge < -0.3 is 9.64 Å². The zero-order chi connectivity index (χ0) is 15.9. The molecule has 3 rings (SSSR count). The topological polar surface area (TPSA) is 58.6 Å². The zero-order valence-electron chi connectivity index (χ0n) is 13.1. The minimum atomic E-state index is -0.452. The molecule has 1 aromatic heterocycles. The summed E-state index contributed by atoms with van der Waals surface area (Å²) in [5.41, 5.74) is -0.452. The molecule has 7 heteroatoms. The first-order valence-electron chi connectivity index (χ1n) is 7.57. The Labute approximate surface area is 144 Å². The summed E-state index contributed by atoms with van der Waals surface area (Å²) in [6.07, 6.45) is 5.49. The molecular weight excluding hydrogens is 395 g/mol. The molecule has 3 heterocycles. The second-order valence-electron chi connectivity index (χ2n) is 6.88. The maximum absolute atomic E-state index is 12.4. The van der Waals surface area contributed by atoms with E-state index in [1.807, 2.05) is 38.1 Å². The minimum Gasteiger partial charge on any atom is -0.444 e. The first-order chi connectivity index (χ1) is 10.3. The van der Waals surface area contributed by atoms with Gasteiger partial charge in [-0.3, -0.25) is 4.90 Å². The lowest BCUT2D eigenvalue weighted by Gasteiger charge is -2.41. The molecule has 2 aliphatic heterocycles. The summed E-state index contributed by atoms with van der Waals surface area (Å²) in [6.45, 7) is 7.26. The van der Waals surface area contributed by atoms with Crippen LogP contribution in [0.15, 0.2) is 12.4 Å². The van der Waals surface area contributed by atoms with Crippen molar-refractivity contribution in [3.8, 4) is 0 Å². The van der Waals surface area contributed by atoms with Crippen LogP contribution >= 0.6 is 22.6 Å². The molecule has 0 aromatic carbocycles. The predicted molar refractivity (Wildman–Crippen MR) is 91.8 cm³/mol. The van der Waals surface area contributed by atoms with Crippen LogP contribution in [0.5, 0.6) is 0 Å². The summed E-state index contributed by atoms with van der Waals surface area (Å²) in [7, 11) is 0. The van der Waals surface area contributed by atoms with Gasteiger partial charge >= 0.3 is 6.09 Å². The summed E-state index contributed by atoms with van der Waals surface area (Å²) in [6, 6.07) is 0.382. The van der Waals surface area contributed by atoms with E-state index in [0.717, 1.165) is 35.4 Å². The molecule has 120 valence electrons. The number of hydrogen-bond acceptors (Lipinski definition) is 5. The maximum Gasteiger partial charge on any atom is 0.410 e. The summed E-state index contributed by atoms with van der Waals surface area (Å²) in [5, 5.41) is 0. The first-order valence-corrected chi connectivity index (χ1v) is 8.65. The van der Waals surface area contributed by atoms with Gasteiger partial charge in [0.1, 0.15) is 5.60 Å². The Bertz CT molecular complexity index is 544. The average molecular weight is 416 g/mol. The van der Waals surface area contributed by atoms with Crippen molar-refractivity contribution in [3.05, 3.63) is 16.0 Å². The van der Waals surface area contributed by atoms with Crippen molar-refractivity contribution >= 4 is 34.6 Å². The van der Waals surface area contributed by atoms with Gasteiger partial charge in [0.2, 0.25) is 5.95 Å². The molecule has 0 saturated carbocycles. The summed E-state index contributed by atoms with van der Waals surface area (Å²) in [4.78, 5) is 25.3. The maximum atomic E-state index is 12.4. The van der Waals surface area contributed by atoms with Crippen LogP contribution in [-0.4, -0.2) is 51.7 Å². The fourth-order valence-corrected chi connectivity index (χ4v) is 3.43. The molecule has 2 bridgehead atoms. The fraction of sp³-hybridized carbons (Fsp3) is 0.667. The van der Waals surface area contributed by atoms with Gasteiger partial charge in [-0.1, -0.05) is 0 Å². The van der Waals surface area contributed by atoms with Crippen LogP contribution in [0.1, 0.15) is 33.6 Å². The van der Waals surface area contributed by atoms with Gasteiger partial charge in [-0.25, -0.2) is 14.8 Å². The molecule has 2 saturated heterocycles. The Hall–Kier alpha value is -1.12. The smallest absolute Gasteiger partial charge is 0.410 e. The third-order valence-electron chi connectivity index (χ3n) is 3.98. The lowest BCUT2D eigenvalue weighted by Crippen LogP contribution is -2.57. The van der Waals surface area contributed by atoms with Crippen molar-refractivity contribution in [3.63, 3.8) is 0 Å². The highest BCUT2D eigenvalue weighted by molar-refractivity contribution is 14.1. The Morgan fingerprint density at radius 1 is 1.23 bits per heavy atom. The number of anilines is 1. The Morgan fingerprint density at radius 3 is 2.27 bits per heavy atom. The van der Waals surface area contributed by atoms with Crippen molar-refractivity contribution in [2.45, 2.75) is 51.3 Å². The third kappa shape index (κ3) is 3.28. The number of ether oxygens (including phenoxy) is 1. The summed E-state index contributed by atoms with van der Waals surface area (Å²) in [5.74, 6) is 0.751. The van der Waals surface area contributed by atoms with E-state index in [1.165, 1.54) is 0 Å². The lowest BCUT2D eigenvalue weighted by molar-refractivity contribution is 0.0122. The van der Waals surface area contributed by atoms with Gasteiger partial charge in [0, 0.05) is 29.1 Å². The van der Waals surface area contributed by atoms with Gasteiger partial charge in [0.15, 0.2) is 0 Å². The molecule has 2 atom stereocenters. The van der Waals surface area contributed by atoms with Crippen molar-refractivity contribution in [2.75, 3.05) is 18.0 Å². The predicted octanol–water partition coefficient (Wildman–Crippen LogP) is 2.67. The highest BCUT2D eigenvalue weighted by Gasteiger charge is 2.44. The van der Waals surface area contributed by atoms with Crippen LogP contribution in [0, 0.1) is 3.57 Å². The van der Waals surface area contributed by atoms with E-state index >= 15 is 0 Å². The van der Waals surface area contributed by atoms with Gasteiger partial charge in [-0.2, -0.15) is 0 Å². The lowest BCUT2D eigenvalue weighted by atomic mass is 10.2. The first kappa shape index (κ1) is 15.8. The number of nitrogens with zero attached hydrogens (tertiary/aromatic N) is 4. The van der Waals surface area contributed by atoms with E-state index in [2.05, 4.69) is 37.5 Å². The number of hydrogen-bond donors (Lipinski definition) is 0. The molecular formula is C15H21IN4O2. The summed E-state index contributed by atoms with van der Waals surface area (Å²) >= 11 is 2.20. The number of carbonyl (C=O) groups excluding carboxylic acids is 1. The van der Waals surface area contributed by atoms with E-state index in [0.29, 0.717) is 0 Å². The van der Waals surface area contributed by atoms with Gasteiger partial charge in [-0.05, 0) is 56.2 Å². The normalized spacial score (nSPS) is 24.5. The van der Waals surface area contributed by atoms with E-state index in [1.54, 1.807) is 0 Å². The Morgan fingerprint density at radius 2 is 1.77 bits per heavy atom. The highest BCUT2D eigenvalue weighted by Crippen LogP contribution is 2.32. The van der Waals surface area contributed by atoms with Crippen LogP contribution in [-0.2, 0) is 4.74 Å². The molecule has 2 fully saturated rings. The number of fused-ring (bicyclic) bond motifs is 2. The number of piperazine rings is 1. The second-order valence-corrected chi connectivity index (χ2v) is 8.12. The SMILES string of the molecule is CC(C)(C)OC(=O)N1C2CCC1CN(c1ncc(I)cn1)C2. The van der Waals surface area contributed by atoms with Crippen LogP contribution in [0.25, 0.3) is 0 Å². The Kier molecular flexibility index (Phi) is 4.17. The van der Waals surface area contributed by atoms with Crippen molar-refractivity contribution in [1.29, 1.82) is 0 Å². The number of rotatable bonds is 1. The molecule has 2 unspecified atom stereocenters. The standard InChI is InChI=1S/C15H21IN4O2/c1-15(2,3)22-14(21)20-11-4-5-12(20)9-19(8-11)13-17-6-10(16)7-18-13/h6-7,11-12H,4-5,8-9H2,1-3H3. The summed E-state index contributed by atoms with van der Waals surface area (Å²) < 4.78 is 6.58. The van der Waals surface area contributed by atoms with E-state index in [4.69, 9.17) is 4.74 Å². The monoisotopic (exact) mass is 416 g/mol. The highest BCUT2D eigenvalue weighted by atomic mass is 127. The van der Waals surface area contributed by atoms with E-state index < -0.39 is 5.60 Å². The quantitative estimate of drug-likeness (QED) is 0.659. The fourth-order valence-electron chi connectivity index (χ4n) is 3.15. The molecule has 0 N–H and O–H groups in total. The Balaban J connectivity index is 1.71. The molecule has 1 aromatic rings. The van der Waals surface area contributed by atoms with Crippen LogP contribution < -0.4 is 4.90 Å². The largest absolute Gasteiger partial charge is 0.444 e. The van der Waals surface area contributed by atoms with E-state index in [9.17, 15) is 4.79 Å². The molecule has 0 radical (unpaired) electrons. The van der Waals surface area contributed by atoms with Crippen LogP contribution in [0.3, 0.4) is 0 Å². The van der Waals surface area contributed by atoms with Gasteiger partial charge in [0.05, 0.1) is 12.1 Å². The molecule has 22 heavy (non-hydrogen) atoms. The minimum absolute atomic E-state index is 0.191. The number of halogens is 1. The zero-order valence-corrected chi connectivity index (χ0v) is 15.3. The van der Waals surface area contributed by atoms with Crippen LogP contribution in [0.2, 0.25) is 0 Å². The van der Waals surface area contributed by atoms with Crippen molar-refractivity contribution < 1.29 is 9.53 Å². The van der Waals surface area contributed by atoms with Crippen molar-refractivity contribution in [2.24, 2.45) is 0 Å². The molecule has 1 amide bonds. The molecule has 0 spiro atoms. The number of aromatic nitrogens is 2. The second kappa shape index (κ2) is 5.82. The molecule has 6 nitrogen and oxygen atoms in total. The number of carbonyl (C=O) groups is 1. The van der Waals surface area contributed by atoms with Crippen molar-refractivity contribution in [1.82, 2.24) is 14.9 Å². The van der Waals surface area contributed by atoms with Gasteiger partial charge in [0.25, 0.3) is 0 Å². The average Bonchev–Trinajstić information content (AvgIpc) is 2.69.